The van der Waals surface area contributed by atoms with Gasteiger partial charge in [-0.05, 0) is 46.9 Å². The first-order valence-corrected chi connectivity index (χ1v) is 11.7. The van der Waals surface area contributed by atoms with Gasteiger partial charge >= 0.3 is 12.1 Å². The summed E-state index contributed by atoms with van der Waals surface area (Å²) in [6.45, 7) is 7.34. The molecule has 0 aromatic heterocycles. The van der Waals surface area contributed by atoms with Crippen LogP contribution in [-0.4, -0.2) is 34.4 Å². The van der Waals surface area contributed by atoms with E-state index in [0.29, 0.717) is 12.0 Å². The number of alkyl halides is 5. The molecule has 1 aliphatic carbocycles. The van der Waals surface area contributed by atoms with Gasteiger partial charge in [-0.25, -0.2) is 8.78 Å². The Balaban J connectivity index is 2.05. The molecule has 0 saturated heterocycles. The summed E-state index contributed by atoms with van der Waals surface area (Å²) in [6.07, 6.45) is -3.89. The summed E-state index contributed by atoms with van der Waals surface area (Å²) in [4.78, 5) is 25.1. The van der Waals surface area contributed by atoms with Crippen molar-refractivity contribution < 1.29 is 36.6 Å². The summed E-state index contributed by atoms with van der Waals surface area (Å²) in [5, 5.41) is 8.97. The maximum Gasteiger partial charge on any atom is 0.416 e. The van der Waals surface area contributed by atoms with Crippen LogP contribution in [0.4, 0.5) is 22.0 Å². The Labute approximate surface area is 202 Å². The van der Waals surface area contributed by atoms with Crippen LogP contribution in [0.15, 0.2) is 30.0 Å². The Hall–Kier alpha value is -2.45. The monoisotopic (exact) mass is 501 g/mol. The summed E-state index contributed by atoms with van der Waals surface area (Å²) in [5.74, 6) is -5.04. The molecular formula is C26H32F5NO3. The predicted octanol–water partition coefficient (Wildman–Crippen LogP) is 6.58. The molecule has 1 aromatic carbocycles. The SMILES string of the molecule is CC(C)(C)CCc1ccc([C@]2(C)CC(=O)N(CCC(=O)O)C=C2C2CC(F)(F)C2)cc1C(F)(F)F. The van der Waals surface area contributed by atoms with E-state index in [1.54, 1.807) is 13.0 Å². The molecule has 0 bridgehead atoms. The zero-order valence-corrected chi connectivity index (χ0v) is 20.4. The second-order valence-corrected chi connectivity index (χ2v) is 11.2. The molecule has 0 radical (unpaired) electrons. The molecule has 1 fully saturated rings. The number of rotatable bonds is 7. The number of nitrogens with zero attached hydrogens (tertiary/aromatic N) is 1. The number of halogens is 5. The van der Waals surface area contributed by atoms with Crippen molar-refractivity contribution in [2.45, 2.75) is 83.7 Å². The zero-order chi connectivity index (χ0) is 26.4. The molecular weight excluding hydrogens is 469 g/mol. The molecule has 1 saturated carbocycles. The van der Waals surface area contributed by atoms with Gasteiger partial charge in [-0.3, -0.25) is 9.59 Å². The van der Waals surface area contributed by atoms with Gasteiger partial charge in [0.1, 0.15) is 0 Å². The molecule has 35 heavy (non-hydrogen) atoms. The highest BCUT2D eigenvalue weighted by atomic mass is 19.4. The van der Waals surface area contributed by atoms with Crippen molar-refractivity contribution in [2.24, 2.45) is 11.3 Å². The van der Waals surface area contributed by atoms with Crippen molar-refractivity contribution >= 4 is 11.9 Å². The van der Waals surface area contributed by atoms with E-state index < -0.39 is 53.7 Å². The van der Waals surface area contributed by atoms with Crippen molar-refractivity contribution in [3.63, 3.8) is 0 Å². The van der Waals surface area contributed by atoms with Crippen LogP contribution >= 0.6 is 0 Å². The van der Waals surface area contributed by atoms with E-state index in [9.17, 15) is 31.5 Å². The van der Waals surface area contributed by atoms with Crippen LogP contribution in [0.1, 0.15) is 76.5 Å². The van der Waals surface area contributed by atoms with Gasteiger partial charge < -0.3 is 10.0 Å². The fourth-order valence-electron chi connectivity index (χ4n) is 4.91. The van der Waals surface area contributed by atoms with E-state index in [0.717, 1.165) is 6.07 Å². The van der Waals surface area contributed by atoms with Gasteiger partial charge in [0.25, 0.3) is 0 Å². The molecule has 0 spiro atoms. The Kier molecular flexibility index (Phi) is 7.14. The maximum absolute atomic E-state index is 14.0. The number of aryl methyl sites for hydroxylation is 1. The highest BCUT2D eigenvalue weighted by molar-refractivity contribution is 5.82. The van der Waals surface area contributed by atoms with Crippen molar-refractivity contribution in [1.29, 1.82) is 0 Å². The quantitative estimate of drug-likeness (QED) is 0.430. The van der Waals surface area contributed by atoms with E-state index in [4.69, 9.17) is 5.11 Å². The summed E-state index contributed by atoms with van der Waals surface area (Å²) < 4.78 is 69.6. The van der Waals surface area contributed by atoms with Crippen LogP contribution in [0.5, 0.6) is 0 Å². The molecule has 1 aliphatic heterocycles. The molecule has 9 heteroatoms. The van der Waals surface area contributed by atoms with Gasteiger partial charge in [-0.15, -0.1) is 0 Å². The summed E-state index contributed by atoms with van der Waals surface area (Å²) in [6, 6.07) is 4.06. The van der Waals surface area contributed by atoms with E-state index >= 15 is 0 Å². The number of carboxylic acids is 1. The lowest BCUT2D eigenvalue weighted by Crippen LogP contribution is -2.48. The van der Waals surface area contributed by atoms with Gasteiger partial charge in [-0.1, -0.05) is 39.8 Å². The van der Waals surface area contributed by atoms with Gasteiger partial charge in [0.2, 0.25) is 11.8 Å². The van der Waals surface area contributed by atoms with E-state index in [1.807, 2.05) is 20.8 Å². The number of hydrogen-bond donors (Lipinski definition) is 1. The van der Waals surface area contributed by atoms with Gasteiger partial charge in [-0.2, -0.15) is 13.2 Å². The lowest BCUT2D eigenvalue weighted by atomic mass is 9.62. The topological polar surface area (TPSA) is 57.6 Å². The zero-order valence-electron chi connectivity index (χ0n) is 20.4. The van der Waals surface area contributed by atoms with Crippen LogP contribution in [0.3, 0.4) is 0 Å². The maximum atomic E-state index is 14.0. The van der Waals surface area contributed by atoms with Gasteiger partial charge in [0, 0.05) is 37.4 Å². The van der Waals surface area contributed by atoms with Crippen molar-refractivity contribution in [3.05, 3.63) is 46.7 Å². The normalized spacial score (nSPS) is 23.2. The van der Waals surface area contributed by atoms with Crippen LogP contribution < -0.4 is 0 Å². The van der Waals surface area contributed by atoms with Crippen molar-refractivity contribution in [3.8, 4) is 0 Å². The van der Waals surface area contributed by atoms with E-state index in [-0.39, 0.29) is 42.3 Å². The molecule has 194 valence electrons. The highest BCUT2D eigenvalue weighted by Gasteiger charge is 2.52. The Bertz CT molecular complexity index is 1020. The molecule has 1 aromatic rings. The van der Waals surface area contributed by atoms with Gasteiger partial charge in [0.05, 0.1) is 12.0 Å². The molecule has 1 N–H and O–H groups in total. The fourth-order valence-corrected chi connectivity index (χ4v) is 4.91. The highest BCUT2D eigenvalue weighted by Crippen LogP contribution is 2.54. The molecule has 4 nitrogen and oxygen atoms in total. The number of carbonyl (C=O) groups is 2. The molecule has 1 amide bonds. The second kappa shape index (κ2) is 9.21. The first kappa shape index (κ1) is 27.1. The lowest BCUT2D eigenvalue weighted by Gasteiger charge is -2.47. The standard InChI is InChI=1S/C26H32F5NO3/c1-23(2,3)9-7-16-5-6-18(11-19(16)26(29,30)31)24(4)14-21(33)32(10-8-22(34)35)15-20(24)17-12-25(27,28)13-17/h5-6,11,15,17H,7-10,12-14H2,1-4H3,(H,34,35)/t24-/m0/s1. The van der Waals surface area contributed by atoms with Crippen LogP contribution in [0, 0.1) is 11.3 Å². The number of aliphatic carboxylic acids is 1. The molecule has 1 heterocycles. The molecule has 1 atom stereocenters. The fraction of sp³-hybridized carbons (Fsp3) is 0.615. The third kappa shape index (κ3) is 6.22. The largest absolute Gasteiger partial charge is 0.481 e. The average molecular weight is 502 g/mol. The van der Waals surface area contributed by atoms with Crippen LogP contribution in [0.2, 0.25) is 0 Å². The average Bonchev–Trinajstić information content (AvgIpc) is 2.68. The lowest BCUT2D eigenvalue weighted by molar-refractivity contribution is -0.139. The third-order valence-corrected chi connectivity index (χ3v) is 7.05. The summed E-state index contributed by atoms with van der Waals surface area (Å²) >= 11 is 0. The Morgan fingerprint density at radius 3 is 2.31 bits per heavy atom. The summed E-state index contributed by atoms with van der Waals surface area (Å²) in [7, 11) is 0. The first-order valence-electron chi connectivity index (χ1n) is 11.7. The number of amides is 1. The first-order chi connectivity index (χ1) is 15.9. The number of allylic oxidation sites excluding steroid dienone is 1. The molecule has 2 aliphatic rings. The number of carbonyl (C=O) groups excluding carboxylic acids is 1. The molecule has 3 rings (SSSR count). The Morgan fingerprint density at radius 1 is 1.17 bits per heavy atom. The van der Waals surface area contributed by atoms with Crippen molar-refractivity contribution in [2.75, 3.05) is 6.54 Å². The summed E-state index contributed by atoms with van der Waals surface area (Å²) in [5.41, 5.74) is -1.29. The number of benzene rings is 1. The minimum atomic E-state index is -4.61. The number of hydrogen-bond acceptors (Lipinski definition) is 2. The third-order valence-electron chi connectivity index (χ3n) is 7.05. The smallest absolute Gasteiger partial charge is 0.416 e. The van der Waals surface area contributed by atoms with Crippen LogP contribution in [0.25, 0.3) is 0 Å². The van der Waals surface area contributed by atoms with E-state index in [2.05, 4.69) is 0 Å². The second-order valence-electron chi connectivity index (χ2n) is 11.2. The van der Waals surface area contributed by atoms with Crippen molar-refractivity contribution in [1.82, 2.24) is 4.90 Å². The van der Waals surface area contributed by atoms with Gasteiger partial charge in [0.15, 0.2) is 0 Å². The van der Waals surface area contributed by atoms with Crippen LogP contribution in [-0.2, 0) is 27.6 Å². The van der Waals surface area contributed by atoms with E-state index in [1.165, 1.54) is 17.2 Å². The molecule has 0 unspecified atom stereocenters. The minimum absolute atomic E-state index is 0.129. The predicted molar refractivity (Wildman–Crippen MR) is 121 cm³/mol. The minimum Gasteiger partial charge on any atom is -0.481 e. The Morgan fingerprint density at radius 2 is 1.80 bits per heavy atom. The number of carboxylic acid groups (broad SMARTS) is 1.